The second kappa shape index (κ2) is 3.07. The highest BCUT2D eigenvalue weighted by molar-refractivity contribution is 9.10. The highest BCUT2D eigenvalue weighted by Gasteiger charge is 2.15. The molecule has 2 N–H and O–H groups in total. The van der Waals surface area contributed by atoms with Crippen molar-refractivity contribution >= 4 is 15.9 Å². The average Bonchev–Trinajstić information content (AvgIpc) is 2.03. The summed E-state index contributed by atoms with van der Waals surface area (Å²) in [7, 11) is 0. The molecule has 12 heavy (non-hydrogen) atoms. The Labute approximate surface area is 79.8 Å². The van der Waals surface area contributed by atoms with Crippen molar-refractivity contribution in [1.29, 1.82) is 0 Å². The Balaban J connectivity index is 2.37. The average molecular weight is 228 g/mol. The van der Waals surface area contributed by atoms with E-state index in [9.17, 15) is 0 Å². The van der Waals surface area contributed by atoms with Gasteiger partial charge < -0.3 is 10.5 Å². The van der Waals surface area contributed by atoms with Crippen molar-refractivity contribution in [3.05, 3.63) is 28.2 Å². The molecule has 0 saturated heterocycles. The topological polar surface area (TPSA) is 35.2 Å². The number of hydrogen-bond acceptors (Lipinski definition) is 2. The summed E-state index contributed by atoms with van der Waals surface area (Å²) in [5.74, 6) is 0.972. The minimum Gasteiger partial charge on any atom is -0.492 e. The molecule has 0 aromatic heterocycles. The van der Waals surface area contributed by atoms with Gasteiger partial charge in [0.25, 0.3) is 0 Å². The summed E-state index contributed by atoms with van der Waals surface area (Å²) < 4.78 is 6.53. The predicted molar refractivity (Wildman–Crippen MR) is 51.3 cm³/mol. The number of fused-ring (bicyclic) bond motifs is 1. The Hall–Kier alpha value is -0.540. The first-order valence-electron chi connectivity index (χ1n) is 3.92. The largest absolute Gasteiger partial charge is 0.492 e. The van der Waals surface area contributed by atoms with Crippen LogP contribution in [0.2, 0.25) is 0 Å². The van der Waals surface area contributed by atoms with Gasteiger partial charge in [0.15, 0.2) is 0 Å². The normalized spacial score (nSPS) is 21.3. The second-order valence-electron chi connectivity index (χ2n) is 3.03. The van der Waals surface area contributed by atoms with E-state index >= 15 is 0 Å². The Morgan fingerprint density at radius 1 is 1.50 bits per heavy atom. The summed E-state index contributed by atoms with van der Waals surface area (Å²) in [5, 5.41) is 0. The first kappa shape index (κ1) is 8.08. The number of nitrogens with two attached hydrogens (primary N) is 1. The minimum absolute atomic E-state index is 0.145. The number of halogens is 1. The van der Waals surface area contributed by atoms with Crippen molar-refractivity contribution in [3.8, 4) is 5.75 Å². The number of benzene rings is 1. The molecule has 1 aromatic carbocycles. The maximum Gasteiger partial charge on any atom is 0.122 e. The van der Waals surface area contributed by atoms with Crippen LogP contribution in [-0.2, 0) is 6.42 Å². The zero-order chi connectivity index (χ0) is 8.55. The molecule has 1 aromatic rings. The van der Waals surface area contributed by atoms with E-state index in [0.717, 1.165) is 16.6 Å². The van der Waals surface area contributed by atoms with Gasteiger partial charge >= 0.3 is 0 Å². The van der Waals surface area contributed by atoms with Gasteiger partial charge in [-0.3, -0.25) is 0 Å². The quantitative estimate of drug-likeness (QED) is 0.733. The third-order valence-electron chi connectivity index (χ3n) is 1.96. The van der Waals surface area contributed by atoms with Gasteiger partial charge in [-0.2, -0.15) is 0 Å². The molecule has 3 heteroatoms. The van der Waals surface area contributed by atoms with Crippen molar-refractivity contribution in [2.75, 3.05) is 6.61 Å². The molecule has 0 aliphatic carbocycles. The maximum absolute atomic E-state index is 5.76. The second-order valence-corrected chi connectivity index (χ2v) is 3.94. The molecule has 0 bridgehead atoms. The third-order valence-corrected chi connectivity index (χ3v) is 2.45. The Kier molecular flexibility index (Phi) is 2.07. The van der Waals surface area contributed by atoms with Crippen LogP contribution in [0.5, 0.6) is 5.75 Å². The summed E-state index contributed by atoms with van der Waals surface area (Å²) >= 11 is 3.41. The van der Waals surface area contributed by atoms with Crippen molar-refractivity contribution in [3.63, 3.8) is 0 Å². The highest BCUT2D eigenvalue weighted by atomic mass is 79.9. The lowest BCUT2D eigenvalue weighted by atomic mass is 10.0. The molecule has 0 fully saturated rings. The van der Waals surface area contributed by atoms with Gasteiger partial charge in [0.1, 0.15) is 12.4 Å². The Morgan fingerprint density at radius 3 is 3.17 bits per heavy atom. The van der Waals surface area contributed by atoms with Crippen LogP contribution in [0.15, 0.2) is 22.7 Å². The summed E-state index contributed by atoms with van der Waals surface area (Å²) in [5.41, 5.74) is 6.96. The summed E-state index contributed by atoms with van der Waals surface area (Å²) in [4.78, 5) is 0. The van der Waals surface area contributed by atoms with Crippen molar-refractivity contribution in [2.24, 2.45) is 5.73 Å². The van der Waals surface area contributed by atoms with Crippen LogP contribution in [0, 0.1) is 0 Å². The van der Waals surface area contributed by atoms with Crippen LogP contribution >= 0.6 is 15.9 Å². The smallest absolute Gasteiger partial charge is 0.122 e. The van der Waals surface area contributed by atoms with Crippen molar-refractivity contribution < 1.29 is 4.74 Å². The van der Waals surface area contributed by atoms with Crippen LogP contribution in [0.1, 0.15) is 5.56 Å². The predicted octanol–water partition coefficient (Wildman–Crippen LogP) is 1.71. The fourth-order valence-electron chi connectivity index (χ4n) is 1.39. The van der Waals surface area contributed by atoms with E-state index in [1.165, 1.54) is 5.56 Å². The number of ether oxygens (including phenoxy) is 1. The minimum atomic E-state index is 0.145. The fourth-order valence-corrected chi connectivity index (χ4v) is 1.80. The third kappa shape index (κ3) is 1.47. The SMILES string of the molecule is N[C@@H]1COc2ccc(Br)cc2C1. The van der Waals surface area contributed by atoms with Gasteiger partial charge in [-0.15, -0.1) is 0 Å². The molecule has 2 nitrogen and oxygen atoms in total. The molecule has 1 atom stereocenters. The number of hydrogen-bond donors (Lipinski definition) is 1. The van der Waals surface area contributed by atoms with E-state index in [4.69, 9.17) is 10.5 Å². The molecule has 1 aliphatic rings. The molecule has 0 radical (unpaired) electrons. The molecule has 1 aliphatic heterocycles. The van der Waals surface area contributed by atoms with Crippen LogP contribution in [0.25, 0.3) is 0 Å². The maximum atomic E-state index is 5.76. The van der Waals surface area contributed by atoms with Gasteiger partial charge in [0, 0.05) is 10.5 Å². The van der Waals surface area contributed by atoms with Crippen molar-refractivity contribution in [2.45, 2.75) is 12.5 Å². The van der Waals surface area contributed by atoms with Gasteiger partial charge in [0.2, 0.25) is 0 Å². The van der Waals surface area contributed by atoms with E-state index < -0.39 is 0 Å². The Bertz CT molecular complexity index is 301. The van der Waals surface area contributed by atoms with Crippen LogP contribution < -0.4 is 10.5 Å². The fraction of sp³-hybridized carbons (Fsp3) is 0.333. The van der Waals surface area contributed by atoms with Crippen LogP contribution in [-0.4, -0.2) is 12.6 Å². The van der Waals surface area contributed by atoms with Crippen molar-refractivity contribution in [1.82, 2.24) is 0 Å². The molecule has 1 heterocycles. The summed E-state index contributed by atoms with van der Waals surface area (Å²) in [6, 6.07) is 6.17. The van der Waals surface area contributed by atoms with E-state index in [0.29, 0.717) is 6.61 Å². The van der Waals surface area contributed by atoms with Gasteiger partial charge in [-0.05, 0) is 30.2 Å². The molecule has 2 rings (SSSR count). The summed E-state index contributed by atoms with van der Waals surface area (Å²) in [6.07, 6.45) is 0.911. The van der Waals surface area contributed by atoms with Gasteiger partial charge in [-0.1, -0.05) is 15.9 Å². The molecular weight excluding hydrogens is 218 g/mol. The van der Waals surface area contributed by atoms with E-state index in [-0.39, 0.29) is 6.04 Å². The zero-order valence-corrected chi connectivity index (χ0v) is 8.17. The first-order chi connectivity index (χ1) is 5.75. The Morgan fingerprint density at radius 2 is 2.33 bits per heavy atom. The van der Waals surface area contributed by atoms with E-state index in [1.54, 1.807) is 0 Å². The molecule has 0 spiro atoms. The van der Waals surface area contributed by atoms with Crippen LogP contribution in [0.3, 0.4) is 0 Å². The highest BCUT2D eigenvalue weighted by Crippen LogP contribution is 2.27. The molecule has 0 saturated carbocycles. The number of rotatable bonds is 0. The lowest BCUT2D eigenvalue weighted by Crippen LogP contribution is -2.33. The van der Waals surface area contributed by atoms with Gasteiger partial charge in [0.05, 0.1) is 0 Å². The van der Waals surface area contributed by atoms with E-state index in [1.807, 2.05) is 12.1 Å². The lowest BCUT2D eigenvalue weighted by molar-refractivity contribution is 0.263. The van der Waals surface area contributed by atoms with Crippen LogP contribution in [0.4, 0.5) is 0 Å². The summed E-state index contributed by atoms with van der Waals surface area (Å²) in [6.45, 7) is 0.634. The molecule has 64 valence electrons. The molecule has 0 amide bonds. The zero-order valence-electron chi connectivity index (χ0n) is 6.59. The molecule has 0 unspecified atom stereocenters. The lowest BCUT2D eigenvalue weighted by Gasteiger charge is -2.22. The van der Waals surface area contributed by atoms with Gasteiger partial charge in [-0.25, -0.2) is 0 Å². The first-order valence-corrected chi connectivity index (χ1v) is 4.72. The standard InChI is InChI=1S/C9H10BrNO/c10-7-1-2-9-6(3-7)4-8(11)5-12-9/h1-3,8H,4-5,11H2/t8-/m0/s1. The monoisotopic (exact) mass is 227 g/mol. The molecular formula is C9H10BrNO. The van der Waals surface area contributed by atoms with E-state index in [2.05, 4.69) is 22.0 Å².